The van der Waals surface area contributed by atoms with Gasteiger partial charge in [-0.05, 0) is 6.42 Å². The van der Waals surface area contributed by atoms with E-state index in [9.17, 15) is 9.59 Å². The molecular weight excluding hydrogens is 222 g/mol. The van der Waals surface area contributed by atoms with Crippen LogP contribution in [0.5, 0.6) is 0 Å². The Hall–Kier alpha value is -1.52. The summed E-state index contributed by atoms with van der Waals surface area (Å²) in [7, 11) is 0. The molecule has 2 amide bonds. The maximum atomic E-state index is 10.2. The normalized spacial score (nSPS) is 14.1. The summed E-state index contributed by atoms with van der Waals surface area (Å²) in [4.78, 5) is 24.1. The zero-order chi connectivity index (χ0) is 13.1. The third-order valence-corrected chi connectivity index (χ3v) is 2.23. The summed E-state index contributed by atoms with van der Waals surface area (Å²) < 4.78 is 0. The van der Waals surface area contributed by atoms with Gasteiger partial charge in [0, 0.05) is 19.4 Å². The minimum Gasteiger partial charge on any atom is -0.279 e. The Labute approximate surface area is 101 Å². The molecule has 0 spiro atoms. The van der Waals surface area contributed by atoms with Crippen LogP contribution >= 0.6 is 0 Å². The van der Waals surface area contributed by atoms with Gasteiger partial charge >= 0.3 is 0 Å². The SMILES string of the molecule is CCCCCCN=C=N.O=C1CCC(=O)N1O. The molecule has 0 saturated carbocycles. The molecular formula is C11H19N3O3. The fourth-order valence-electron chi connectivity index (χ4n) is 1.24. The van der Waals surface area contributed by atoms with Crippen LogP contribution in [0.15, 0.2) is 4.99 Å². The highest BCUT2D eigenvalue weighted by Gasteiger charge is 2.26. The Kier molecular flexibility index (Phi) is 8.82. The van der Waals surface area contributed by atoms with Crippen molar-refractivity contribution in [2.45, 2.75) is 45.4 Å². The first kappa shape index (κ1) is 15.5. The number of nitrogens with one attached hydrogen (secondary N) is 1. The lowest BCUT2D eigenvalue weighted by molar-refractivity contribution is -0.171. The second kappa shape index (κ2) is 9.69. The minimum absolute atomic E-state index is 0.148. The van der Waals surface area contributed by atoms with E-state index in [0.29, 0.717) is 0 Å². The molecule has 17 heavy (non-hydrogen) atoms. The van der Waals surface area contributed by atoms with Crippen LogP contribution < -0.4 is 0 Å². The molecule has 6 nitrogen and oxygen atoms in total. The van der Waals surface area contributed by atoms with E-state index in [1.54, 1.807) is 0 Å². The van der Waals surface area contributed by atoms with Crippen molar-refractivity contribution in [2.75, 3.05) is 6.54 Å². The summed E-state index contributed by atoms with van der Waals surface area (Å²) in [5.74, 6) is -1.01. The number of hydrogen-bond donors (Lipinski definition) is 2. The molecule has 1 heterocycles. The summed E-state index contributed by atoms with van der Waals surface area (Å²) in [5.41, 5.74) is 0. The smallest absolute Gasteiger partial charge is 0.253 e. The molecule has 1 aliphatic heterocycles. The van der Waals surface area contributed by atoms with Crippen LogP contribution in [0.1, 0.15) is 45.4 Å². The van der Waals surface area contributed by atoms with Crippen LogP contribution in [0.2, 0.25) is 0 Å². The summed E-state index contributed by atoms with van der Waals surface area (Å²) in [6.07, 6.45) is 5.19. The highest BCUT2D eigenvalue weighted by Crippen LogP contribution is 2.07. The Morgan fingerprint density at radius 3 is 2.24 bits per heavy atom. The van der Waals surface area contributed by atoms with Crippen molar-refractivity contribution in [1.82, 2.24) is 5.06 Å². The number of rotatable bonds is 5. The van der Waals surface area contributed by atoms with Gasteiger partial charge in [-0.15, -0.1) is 0 Å². The van der Waals surface area contributed by atoms with E-state index < -0.39 is 11.8 Å². The van der Waals surface area contributed by atoms with Crippen LogP contribution in [-0.4, -0.2) is 34.6 Å². The number of hydroxylamine groups is 2. The lowest BCUT2D eigenvalue weighted by Crippen LogP contribution is -2.24. The molecule has 96 valence electrons. The third kappa shape index (κ3) is 7.38. The van der Waals surface area contributed by atoms with E-state index >= 15 is 0 Å². The predicted molar refractivity (Wildman–Crippen MR) is 62.0 cm³/mol. The molecule has 6 heteroatoms. The first-order valence-corrected chi connectivity index (χ1v) is 5.76. The van der Waals surface area contributed by atoms with Gasteiger partial charge in [-0.2, -0.15) is 5.06 Å². The van der Waals surface area contributed by atoms with Crippen molar-refractivity contribution in [2.24, 2.45) is 4.99 Å². The predicted octanol–water partition coefficient (Wildman–Crippen LogP) is 1.84. The van der Waals surface area contributed by atoms with E-state index in [-0.39, 0.29) is 17.9 Å². The van der Waals surface area contributed by atoms with E-state index in [1.807, 2.05) is 6.01 Å². The summed E-state index contributed by atoms with van der Waals surface area (Å²) in [5, 5.41) is 15.0. The van der Waals surface area contributed by atoms with Gasteiger partial charge in [-0.3, -0.25) is 14.8 Å². The molecule has 1 saturated heterocycles. The van der Waals surface area contributed by atoms with Crippen LogP contribution in [-0.2, 0) is 9.59 Å². The van der Waals surface area contributed by atoms with Crippen molar-refractivity contribution in [3.05, 3.63) is 0 Å². The maximum Gasteiger partial charge on any atom is 0.253 e. The monoisotopic (exact) mass is 241 g/mol. The third-order valence-electron chi connectivity index (χ3n) is 2.23. The lowest BCUT2D eigenvalue weighted by atomic mass is 10.2. The zero-order valence-electron chi connectivity index (χ0n) is 10.1. The average Bonchev–Trinajstić information content (AvgIpc) is 2.61. The quantitative estimate of drug-likeness (QED) is 0.333. The molecule has 0 bridgehead atoms. The van der Waals surface area contributed by atoms with Gasteiger partial charge in [0.1, 0.15) is 0 Å². The van der Waals surface area contributed by atoms with Gasteiger partial charge in [-0.1, -0.05) is 26.2 Å². The van der Waals surface area contributed by atoms with Crippen LogP contribution in [0.3, 0.4) is 0 Å². The second-order valence-electron chi connectivity index (χ2n) is 3.65. The highest BCUT2D eigenvalue weighted by molar-refractivity contribution is 6.00. The van der Waals surface area contributed by atoms with E-state index in [4.69, 9.17) is 10.6 Å². The van der Waals surface area contributed by atoms with Gasteiger partial charge < -0.3 is 0 Å². The van der Waals surface area contributed by atoms with Gasteiger partial charge in [0.15, 0.2) is 0 Å². The molecule has 1 fully saturated rings. The number of carbonyl (C=O) groups excluding carboxylic acids is 2. The first-order chi connectivity index (χ1) is 8.13. The number of aliphatic imine (C=N–C) groups is 1. The topological polar surface area (TPSA) is 93.8 Å². The van der Waals surface area contributed by atoms with Crippen molar-refractivity contribution in [1.29, 1.82) is 5.41 Å². The van der Waals surface area contributed by atoms with Gasteiger partial charge in [0.2, 0.25) is 0 Å². The minimum atomic E-state index is -0.505. The van der Waals surface area contributed by atoms with E-state index in [2.05, 4.69) is 11.9 Å². The Morgan fingerprint density at radius 1 is 1.29 bits per heavy atom. The molecule has 0 radical (unpaired) electrons. The lowest BCUT2D eigenvalue weighted by Gasteiger charge is -1.98. The van der Waals surface area contributed by atoms with E-state index in [1.165, 1.54) is 19.3 Å². The molecule has 1 rings (SSSR count). The zero-order valence-corrected chi connectivity index (χ0v) is 10.1. The second-order valence-corrected chi connectivity index (χ2v) is 3.65. The van der Waals surface area contributed by atoms with Crippen LogP contribution in [0, 0.1) is 5.41 Å². The van der Waals surface area contributed by atoms with Gasteiger partial charge in [0.05, 0.1) is 6.01 Å². The maximum absolute atomic E-state index is 10.2. The molecule has 0 atom stereocenters. The summed E-state index contributed by atoms with van der Waals surface area (Å²) in [6.45, 7) is 2.96. The number of amides is 2. The van der Waals surface area contributed by atoms with Crippen molar-refractivity contribution < 1.29 is 14.8 Å². The first-order valence-electron chi connectivity index (χ1n) is 5.76. The Balaban J connectivity index is 0.000000302. The highest BCUT2D eigenvalue weighted by atomic mass is 16.5. The average molecular weight is 241 g/mol. The molecule has 0 aromatic carbocycles. The van der Waals surface area contributed by atoms with Crippen molar-refractivity contribution in [3.63, 3.8) is 0 Å². The summed E-state index contributed by atoms with van der Waals surface area (Å²) in [6, 6.07) is 2.02. The summed E-state index contributed by atoms with van der Waals surface area (Å²) >= 11 is 0. The van der Waals surface area contributed by atoms with Gasteiger partial charge in [-0.25, -0.2) is 10.4 Å². The molecule has 0 aromatic rings. The molecule has 2 N–H and O–H groups in total. The fraction of sp³-hybridized carbons (Fsp3) is 0.727. The number of nitrogens with zero attached hydrogens (tertiary/aromatic N) is 2. The standard InChI is InChI=1S/C7H14N2.C4H5NO3/c1-2-3-4-5-6-9-7-8;6-3-1-2-4(7)5(3)8/h8H,2-6H2,1H3;8H,1-2H2. The number of unbranched alkanes of at least 4 members (excludes halogenated alkanes) is 3. The number of carbonyl (C=O) groups is 2. The Morgan fingerprint density at radius 2 is 1.88 bits per heavy atom. The van der Waals surface area contributed by atoms with Crippen molar-refractivity contribution >= 4 is 17.8 Å². The molecule has 0 aliphatic carbocycles. The fourth-order valence-corrected chi connectivity index (χ4v) is 1.24. The van der Waals surface area contributed by atoms with E-state index in [0.717, 1.165) is 13.0 Å². The van der Waals surface area contributed by atoms with Crippen LogP contribution in [0.25, 0.3) is 0 Å². The molecule has 0 unspecified atom stereocenters. The van der Waals surface area contributed by atoms with Crippen molar-refractivity contribution in [3.8, 4) is 0 Å². The number of imide groups is 1. The Bertz CT molecular complexity index is 282. The molecule has 0 aromatic heterocycles. The largest absolute Gasteiger partial charge is 0.279 e. The molecule has 1 aliphatic rings. The number of hydrogen-bond acceptors (Lipinski definition) is 5. The van der Waals surface area contributed by atoms with Gasteiger partial charge in [0.25, 0.3) is 11.8 Å². The van der Waals surface area contributed by atoms with Crippen LogP contribution in [0.4, 0.5) is 0 Å².